The molecule has 1 atom stereocenters. The van der Waals surface area contributed by atoms with Gasteiger partial charge in [-0.3, -0.25) is 0 Å². The molecule has 0 heteroatoms. The van der Waals surface area contributed by atoms with Gasteiger partial charge in [-0.25, -0.2) is 0 Å². The van der Waals surface area contributed by atoms with Gasteiger partial charge in [0.1, 0.15) is 0 Å². The van der Waals surface area contributed by atoms with Crippen LogP contribution in [0.5, 0.6) is 0 Å². The number of hydrogen-bond acceptors (Lipinski definition) is 0. The van der Waals surface area contributed by atoms with Gasteiger partial charge in [-0.15, -0.1) is 0 Å². The van der Waals surface area contributed by atoms with E-state index in [1.54, 1.807) is 16.7 Å². The summed E-state index contributed by atoms with van der Waals surface area (Å²) in [5.41, 5.74) is 4.96. The van der Waals surface area contributed by atoms with Crippen molar-refractivity contribution in [1.29, 1.82) is 0 Å². The topological polar surface area (TPSA) is 0 Å². The van der Waals surface area contributed by atoms with Gasteiger partial charge in [0.15, 0.2) is 0 Å². The van der Waals surface area contributed by atoms with E-state index in [-0.39, 0.29) is 0 Å². The maximum atomic E-state index is 2.49. The number of unbranched alkanes of at least 4 members (excludes halogenated alkanes) is 2. The second-order valence-electron chi connectivity index (χ2n) is 5.67. The Balaban J connectivity index is 1.77. The van der Waals surface area contributed by atoms with Crippen molar-refractivity contribution in [1.82, 2.24) is 0 Å². The fourth-order valence-corrected chi connectivity index (χ4v) is 2.76. The summed E-state index contributed by atoms with van der Waals surface area (Å²) in [6.07, 6.45) is 17.9. The highest BCUT2D eigenvalue weighted by molar-refractivity contribution is 5.34. The summed E-state index contributed by atoms with van der Waals surface area (Å²) in [6, 6.07) is 0. The van der Waals surface area contributed by atoms with E-state index in [0.717, 1.165) is 5.92 Å². The molecule has 0 N–H and O–H groups in total. The molecule has 1 unspecified atom stereocenters. The maximum absolute atomic E-state index is 2.49. The normalized spacial score (nSPS) is 20.5. The van der Waals surface area contributed by atoms with Crippen LogP contribution in [0.25, 0.3) is 0 Å². The lowest BCUT2D eigenvalue weighted by Crippen LogP contribution is -2.03. The van der Waals surface area contributed by atoms with Gasteiger partial charge >= 0.3 is 0 Å². The fraction of sp³-hybridized carbons (Fsp3) is 0.647. The minimum Gasteiger partial charge on any atom is -0.0850 e. The maximum Gasteiger partial charge on any atom is -0.0127 e. The minimum atomic E-state index is 0.765. The van der Waals surface area contributed by atoms with Crippen molar-refractivity contribution < 1.29 is 0 Å². The van der Waals surface area contributed by atoms with Gasteiger partial charge in [0, 0.05) is 0 Å². The van der Waals surface area contributed by atoms with Gasteiger partial charge in [0.25, 0.3) is 0 Å². The predicted molar refractivity (Wildman–Crippen MR) is 76.0 cm³/mol. The fourth-order valence-electron chi connectivity index (χ4n) is 2.76. The van der Waals surface area contributed by atoms with Gasteiger partial charge in [0.05, 0.1) is 0 Å². The van der Waals surface area contributed by atoms with E-state index >= 15 is 0 Å². The Labute approximate surface area is 106 Å². The summed E-state index contributed by atoms with van der Waals surface area (Å²) in [4.78, 5) is 0. The summed E-state index contributed by atoms with van der Waals surface area (Å²) >= 11 is 0. The molecule has 0 saturated heterocycles. The van der Waals surface area contributed by atoms with Crippen LogP contribution in [0, 0.1) is 5.92 Å². The highest BCUT2D eigenvalue weighted by atomic mass is 14.2. The Bertz CT molecular complexity index is 341. The molecule has 0 aromatic rings. The lowest BCUT2D eigenvalue weighted by molar-refractivity contribution is 0.621. The first-order valence-corrected chi connectivity index (χ1v) is 7.37. The lowest BCUT2D eigenvalue weighted by atomic mass is 9.86. The molecule has 2 rings (SSSR count). The first-order valence-electron chi connectivity index (χ1n) is 7.37. The quantitative estimate of drug-likeness (QED) is 0.396. The summed E-state index contributed by atoms with van der Waals surface area (Å²) in [5.74, 6) is 0.765. The molecule has 0 nitrogen and oxygen atoms in total. The zero-order valence-corrected chi connectivity index (χ0v) is 11.5. The molecule has 2 aliphatic rings. The predicted octanol–water partition coefficient (Wildman–Crippen LogP) is 5.57. The third-order valence-corrected chi connectivity index (χ3v) is 4.14. The van der Waals surface area contributed by atoms with Crippen molar-refractivity contribution >= 4 is 0 Å². The Kier molecular flexibility index (Phi) is 4.65. The van der Waals surface area contributed by atoms with E-state index in [1.807, 2.05) is 0 Å². The molecule has 0 aromatic heterocycles. The van der Waals surface area contributed by atoms with Crippen LogP contribution in [-0.2, 0) is 0 Å². The van der Waals surface area contributed by atoms with E-state index in [1.165, 1.54) is 51.4 Å². The second kappa shape index (κ2) is 6.23. The van der Waals surface area contributed by atoms with Crippen LogP contribution >= 0.6 is 0 Å². The van der Waals surface area contributed by atoms with Crippen molar-refractivity contribution in [3.8, 4) is 0 Å². The average Bonchev–Trinajstić information content (AvgIpc) is 2.72. The zero-order valence-electron chi connectivity index (χ0n) is 11.5. The van der Waals surface area contributed by atoms with Gasteiger partial charge < -0.3 is 0 Å². The van der Waals surface area contributed by atoms with E-state index < -0.39 is 0 Å². The van der Waals surface area contributed by atoms with Crippen LogP contribution in [-0.4, -0.2) is 0 Å². The summed E-state index contributed by atoms with van der Waals surface area (Å²) in [7, 11) is 0. The molecular formula is C17H26. The van der Waals surface area contributed by atoms with Crippen molar-refractivity contribution in [2.75, 3.05) is 0 Å². The van der Waals surface area contributed by atoms with Crippen LogP contribution in [0.3, 0.4) is 0 Å². The smallest absolute Gasteiger partial charge is 0.0127 e. The van der Waals surface area contributed by atoms with Crippen LogP contribution in [0.1, 0.15) is 65.2 Å². The Morgan fingerprint density at radius 3 is 2.71 bits per heavy atom. The molecule has 0 saturated carbocycles. The molecule has 17 heavy (non-hydrogen) atoms. The number of allylic oxidation sites excluding steroid dienone is 6. The first kappa shape index (κ1) is 12.7. The van der Waals surface area contributed by atoms with Crippen LogP contribution in [0.4, 0.5) is 0 Å². The number of rotatable bonds is 7. The van der Waals surface area contributed by atoms with Gasteiger partial charge in [-0.2, -0.15) is 0 Å². The SMILES string of the molecule is CCCCCC1=CCC(C(C)CC2=CCC2)=C1. The summed E-state index contributed by atoms with van der Waals surface area (Å²) < 4.78 is 0. The van der Waals surface area contributed by atoms with Gasteiger partial charge in [0.2, 0.25) is 0 Å². The highest BCUT2D eigenvalue weighted by Gasteiger charge is 2.16. The first-order chi connectivity index (χ1) is 8.29. The summed E-state index contributed by atoms with van der Waals surface area (Å²) in [6.45, 7) is 4.67. The molecule has 0 spiro atoms. The van der Waals surface area contributed by atoms with Gasteiger partial charge in [-0.1, -0.05) is 61.6 Å². The van der Waals surface area contributed by atoms with Crippen molar-refractivity contribution in [3.05, 3.63) is 34.9 Å². The van der Waals surface area contributed by atoms with Gasteiger partial charge in [-0.05, 0) is 44.4 Å². The van der Waals surface area contributed by atoms with E-state index in [0.29, 0.717) is 0 Å². The molecular weight excluding hydrogens is 204 g/mol. The van der Waals surface area contributed by atoms with Crippen molar-refractivity contribution in [2.24, 2.45) is 5.92 Å². The number of hydrogen-bond donors (Lipinski definition) is 0. The van der Waals surface area contributed by atoms with Crippen LogP contribution in [0.2, 0.25) is 0 Å². The largest absolute Gasteiger partial charge is 0.0850 e. The molecule has 0 aromatic carbocycles. The zero-order chi connectivity index (χ0) is 12.1. The van der Waals surface area contributed by atoms with Crippen LogP contribution in [0.15, 0.2) is 34.9 Å². The minimum absolute atomic E-state index is 0.765. The second-order valence-corrected chi connectivity index (χ2v) is 5.67. The molecule has 0 amide bonds. The van der Waals surface area contributed by atoms with Crippen molar-refractivity contribution in [2.45, 2.75) is 65.2 Å². The third kappa shape index (κ3) is 3.59. The Hall–Kier alpha value is -0.780. The molecule has 2 aliphatic carbocycles. The molecule has 0 aliphatic heterocycles. The van der Waals surface area contributed by atoms with E-state index in [2.05, 4.69) is 32.1 Å². The lowest BCUT2D eigenvalue weighted by Gasteiger charge is -2.19. The summed E-state index contributed by atoms with van der Waals surface area (Å²) in [5, 5.41) is 0. The molecule has 94 valence electrons. The molecule has 0 radical (unpaired) electrons. The third-order valence-electron chi connectivity index (χ3n) is 4.14. The van der Waals surface area contributed by atoms with Crippen molar-refractivity contribution in [3.63, 3.8) is 0 Å². The molecule has 0 bridgehead atoms. The average molecular weight is 230 g/mol. The van der Waals surface area contributed by atoms with E-state index in [9.17, 15) is 0 Å². The van der Waals surface area contributed by atoms with E-state index in [4.69, 9.17) is 0 Å². The highest BCUT2D eigenvalue weighted by Crippen LogP contribution is 2.33. The molecule has 0 heterocycles. The monoisotopic (exact) mass is 230 g/mol. The molecule has 0 fully saturated rings. The Morgan fingerprint density at radius 1 is 1.24 bits per heavy atom. The Morgan fingerprint density at radius 2 is 2.06 bits per heavy atom. The van der Waals surface area contributed by atoms with Crippen LogP contribution < -0.4 is 0 Å². The standard InChI is InChI=1S/C17H26/c1-3-4-5-7-16-10-11-17(13-16)14(2)12-15-8-6-9-15/h8,10,13-14H,3-7,9,11-12H2,1-2H3.